The number of hydrogen-bond donors (Lipinski definition) is 2. The Balaban J connectivity index is 2.08. The van der Waals surface area contributed by atoms with Gasteiger partial charge in [-0.1, -0.05) is 30.3 Å². The van der Waals surface area contributed by atoms with Crippen LogP contribution in [0.5, 0.6) is 0 Å². The van der Waals surface area contributed by atoms with E-state index in [1.54, 1.807) is 0 Å². The summed E-state index contributed by atoms with van der Waals surface area (Å²) in [6.07, 6.45) is 0. The minimum Gasteiger partial charge on any atom is -0.381 e. The van der Waals surface area contributed by atoms with Crippen LogP contribution < -0.4 is 11.1 Å². The van der Waals surface area contributed by atoms with Crippen molar-refractivity contribution in [3.8, 4) is 0 Å². The molecular formula is C17H22N2. The van der Waals surface area contributed by atoms with E-state index < -0.39 is 0 Å². The van der Waals surface area contributed by atoms with Crippen molar-refractivity contribution in [2.75, 3.05) is 5.32 Å². The van der Waals surface area contributed by atoms with Gasteiger partial charge in [-0.05, 0) is 54.7 Å². The molecule has 0 unspecified atom stereocenters. The summed E-state index contributed by atoms with van der Waals surface area (Å²) in [6, 6.07) is 12.8. The van der Waals surface area contributed by atoms with Gasteiger partial charge in [0.25, 0.3) is 0 Å². The van der Waals surface area contributed by atoms with Crippen LogP contribution in [0.4, 0.5) is 5.69 Å². The van der Waals surface area contributed by atoms with Crippen LogP contribution >= 0.6 is 0 Å². The fraction of sp³-hybridized carbons (Fsp3) is 0.294. The summed E-state index contributed by atoms with van der Waals surface area (Å²) in [4.78, 5) is 0. The molecule has 0 saturated carbocycles. The number of nitrogens with two attached hydrogens (primary N) is 1. The molecule has 0 fully saturated rings. The normalized spacial score (nSPS) is 10.5. The molecule has 0 saturated heterocycles. The maximum absolute atomic E-state index is 5.60. The molecule has 2 heteroatoms. The minimum atomic E-state index is 0.601. The van der Waals surface area contributed by atoms with Gasteiger partial charge in [-0.3, -0.25) is 0 Å². The lowest BCUT2D eigenvalue weighted by Crippen LogP contribution is -2.03. The van der Waals surface area contributed by atoms with Gasteiger partial charge in [0.05, 0.1) is 0 Å². The Labute approximate surface area is 115 Å². The highest BCUT2D eigenvalue weighted by Crippen LogP contribution is 2.22. The Morgan fingerprint density at radius 3 is 2.11 bits per heavy atom. The van der Waals surface area contributed by atoms with Crippen molar-refractivity contribution in [1.82, 2.24) is 0 Å². The lowest BCUT2D eigenvalue weighted by atomic mass is 10.0. The van der Waals surface area contributed by atoms with Crippen LogP contribution in [0.1, 0.15) is 27.8 Å². The van der Waals surface area contributed by atoms with Crippen molar-refractivity contribution in [2.24, 2.45) is 5.73 Å². The van der Waals surface area contributed by atoms with E-state index in [4.69, 9.17) is 5.73 Å². The Kier molecular flexibility index (Phi) is 4.23. The van der Waals surface area contributed by atoms with Gasteiger partial charge in [0.1, 0.15) is 0 Å². The predicted molar refractivity (Wildman–Crippen MR) is 82.3 cm³/mol. The maximum Gasteiger partial charge on any atom is 0.0400 e. The minimum absolute atomic E-state index is 0.601. The first-order chi connectivity index (χ1) is 9.11. The van der Waals surface area contributed by atoms with Gasteiger partial charge in [-0.25, -0.2) is 0 Å². The first-order valence-corrected chi connectivity index (χ1v) is 6.70. The van der Waals surface area contributed by atoms with Crippen molar-refractivity contribution < 1.29 is 0 Å². The summed E-state index contributed by atoms with van der Waals surface area (Å²) >= 11 is 0. The summed E-state index contributed by atoms with van der Waals surface area (Å²) in [5, 5.41) is 3.50. The standard InChI is InChI=1S/C17H22N2/c1-12-4-9-17(14(3)13(12)2)19-11-16-7-5-15(10-18)6-8-16/h4-9,19H,10-11,18H2,1-3H3. The first-order valence-electron chi connectivity index (χ1n) is 6.70. The van der Waals surface area contributed by atoms with Crippen LogP contribution in [0.2, 0.25) is 0 Å². The molecule has 0 amide bonds. The van der Waals surface area contributed by atoms with Crippen LogP contribution in [-0.4, -0.2) is 0 Å². The Hall–Kier alpha value is -1.80. The fourth-order valence-electron chi connectivity index (χ4n) is 2.14. The second-order valence-corrected chi connectivity index (χ2v) is 5.05. The molecule has 2 aromatic carbocycles. The van der Waals surface area contributed by atoms with Crippen LogP contribution in [0.15, 0.2) is 36.4 Å². The van der Waals surface area contributed by atoms with E-state index in [0.29, 0.717) is 6.54 Å². The topological polar surface area (TPSA) is 38.0 Å². The number of hydrogen-bond acceptors (Lipinski definition) is 2. The Bertz CT molecular complexity index is 556. The van der Waals surface area contributed by atoms with Crippen molar-refractivity contribution in [1.29, 1.82) is 0 Å². The molecule has 100 valence electrons. The number of nitrogens with one attached hydrogen (secondary N) is 1. The van der Waals surface area contributed by atoms with E-state index in [1.165, 1.54) is 33.5 Å². The molecule has 0 aromatic heterocycles. The molecule has 2 rings (SSSR count). The van der Waals surface area contributed by atoms with Crippen molar-refractivity contribution in [2.45, 2.75) is 33.9 Å². The van der Waals surface area contributed by atoms with Gasteiger partial charge < -0.3 is 11.1 Å². The molecule has 0 aliphatic heterocycles. The first kappa shape index (κ1) is 13.6. The monoisotopic (exact) mass is 254 g/mol. The lowest BCUT2D eigenvalue weighted by Gasteiger charge is -2.13. The van der Waals surface area contributed by atoms with Crippen LogP contribution in [0.3, 0.4) is 0 Å². The zero-order valence-electron chi connectivity index (χ0n) is 12.0. The largest absolute Gasteiger partial charge is 0.381 e. The molecule has 0 aliphatic rings. The highest BCUT2D eigenvalue weighted by atomic mass is 14.9. The summed E-state index contributed by atoms with van der Waals surface area (Å²) in [5.74, 6) is 0. The van der Waals surface area contributed by atoms with Crippen LogP contribution in [0.25, 0.3) is 0 Å². The van der Waals surface area contributed by atoms with Crippen molar-refractivity contribution >= 4 is 5.69 Å². The van der Waals surface area contributed by atoms with E-state index >= 15 is 0 Å². The van der Waals surface area contributed by atoms with E-state index in [1.807, 2.05) is 0 Å². The molecular weight excluding hydrogens is 232 g/mol. The summed E-state index contributed by atoms with van der Waals surface area (Å²) in [7, 11) is 0. The second-order valence-electron chi connectivity index (χ2n) is 5.05. The third-order valence-corrected chi connectivity index (χ3v) is 3.80. The SMILES string of the molecule is Cc1ccc(NCc2ccc(CN)cc2)c(C)c1C. The number of rotatable bonds is 4. The molecule has 19 heavy (non-hydrogen) atoms. The van der Waals surface area contributed by atoms with E-state index in [2.05, 4.69) is 62.5 Å². The molecule has 3 N–H and O–H groups in total. The summed E-state index contributed by atoms with van der Waals surface area (Å²) in [6.45, 7) is 7.93. The Morgan fingerprint density at radius 2 is 1.47 bits per heavy atom. The van der Waals surface area contributed by atoms with Crippen LogP contribution in [0, 0.1) is 20.8 Å². The smallest absolute Gasteiger partial charge is 0.0400 e. The highest BCUT2D eigenvalue weighted by Gasteiger charge is 2.03. The fourth-order valence-corrected chi connectivity index (χ4v) is 2.14. The quantitative estimate of drug-likeness (QED) is 0.873. The third kappa shape index (κ3) is 3.15. The summed E-state index contributed by atoms with van der Waals surface area (Å²) < 4.78 is 0. The molecule has 0 radical (unpaired) electrons. The lowest BCUT2D eigenvalue weighted by molar-refractivity contribution is 1.06. The highest BCUT2D eigenvalue weighted by molar-refractivity contribution is 5.56. The third-order valence-electron chi connectivity index (χ3n) is 3.80. The molecule has 2 aromatic rings. The zero-order valence-corrected chi connectivity index (χ0v) is 12.0. The van der Waals surface area contributed by atoms with Crippen molar-refractivity contribution in [3.63, 3.8) is 0 Å². The average molecular weight is 254 g/mol. The molecule has 0 spiro atoms. The molecule has 0 bridgehead atoms. The Morgan fingerprint density at radius 1 is 0.842 bits per heavy atom. The van der Waals surface area contributed by atoms with Gasteiger partial charge in [-0.15, -0.1) is 0 Å². The van der Waals surface area contributed by atoms with Gasteiger partial charge in [0.2, 0.25) is 0 Å². The van der Waals surface area contributed by atoms with Gasteiger partial charge in [0.15, 0.2) is 0 Å². The van der Waals surface area contributed by atoms with Gasteiger partial charge in [0, 0.05) is 18.8 Å². The maximum atomic E-state index is 5.60. The zero-order chi connectivity index (χ0) is 13.8. The number of aryl methyl sites for hydroxylation is 1. The molecule has 0 aliphatic carbocycles. The van der Waals surface area contributed by atoms with Gasteiger partial charge >= 0.3 is 0 Å². The predicted octanol–water partition coefficient (Wildman–Crippen LogP) is 3.68. The van der Waals surface area contributed by atoms with Crippen molar-refractivity contribution in [3.05, 3.63) is 64.2 Å². The van der Waals surface area contributed by atoms with E-state index in [-0.39, 0.29) is 0 Å². The van der Waals surface area contributed by atoms with E-state index in [9.17, 15) is 0 Å². The molecule has 0 heterocycles. The van der Waals surface area contributed by atoms with Crippen LogP contribution in [-0.2, 0) is 13.1 Å². The number of benzene rings is 2. The van der Waals surface area contributed by atoms with E-state index in [0.717, 1.165) is 6.54 Å². The summed E-state index contributed by atoms with van der Waals surface area (Å²) in [5.41, 5.74) is 13.3. The average Bonchev–Trinajstić information content (AvgIpc) is 2.45. The van der Waals surface area contributed by atoms with Gasteiger partial charge in [-0.2, -0.15) is 0 Å². The molecule has 0 atom stereocenters. The molecule has 2 nitrogen and oxygen atoms in total. The number of anilines is 1. The second kappa shape index (κ2) is 5.89.